The summed E-state index contributed by atoms with van der Waals surface area (Å²) in [4.78, 5) is 20.4. The Morgan fingerprint density at radius 1 is 1.33 bits per heavy atom. The van der Waals surface area contributed by atoms with Crippen molar-refractivity contribution in [2.45, 2.75) is 25.3 Å². The van der Waals surface area contributed by atoms with Crippen LogP contribution in [0, 0.1) is 6.92 Å². The maximum Gasteiger partial charge on any atom is 0.250 e. The predicted molar refractivity (Wildman–Crippen MR) is 66.8 cm³/mol. The van der Waals surface area contributed by atoms with Gasteiger partial charge in [0.15, 0.2) is 5.82 Å². The van der Waals surface area contributed by atoms with Gasteiger partial charge in [-0.3, -0.25) is 4.79 Å². The number of halogens is 1. The Kier molecular flexibility index (Phi) is 2.64. The number of aryl methyl sites for hydroxylation is 1. The first-order valence-electron chi connectivity index (χ1n) is 5.82. The number of hydrogen-bond acceptors (Lipinski definition) is 5. The van der Waals surface area contributed by atoms with E-state index in [-0.39, 0.29) is 11.2 Å². The number of aromatic nitrogens is 2. The van der Waals surface area contributed by atoms with Gasteiger partial charge in [-0.05, 0) is 18.5 Å². The summed E-state index contributed by atoms with van der Waals surface area (Å²) >= 11 is 5.85. The van der Waals surface area contributed by atoms with Gasteiger partial charge in [0, 0.05) is 26.1 Å². The third kappa shape index (κ3) is 1.72. The summed E-state index contributed by atoms with van der Waals surface area (Å²) in [6, 6.07) is 0. The number of nitrogens with zero attached hydrogens (tertiary/aromatic N) is 2. The van der Waals surface area contributed by atoms with E-state index in [2.05, 4.69) is 20.6 Å². The Bertz CT molecular complexity index is 514. The van der Waals surface area contributed by atoms with Crippen LogP contribution >= 0.6 is 11.6 Å². The van der Waals surface area contributed by atoms with E-state index in [1.165, 1.54) is 0 Å². The van der Waals surface area contributed by atoms with Gasteiger partial charge in [-0.15, -0.1) is 0 Å². The zero-order valence-electron chi connectivity index (χ0n) is 9.92. The first-order valence-corrected chi connectivity index (χ1v) is 6.20. The fourth-order valence-electron chi connectivity index (χ4n) is 2.37. The maximum absolute atomic E-state index is 12.3. The van der Waals surface area contributed by atoms with E-state index in [0.717, 1.165) is 0 Å². The smallest absolute Gasteiger partial charge is 0.250 e. The van der Waals surface area contributed by atoms with Crippen LogP contribution in [0.5, 0.6) is 0 Å². The molecule has 2 aliphatic rings. The molecule has 1 spiro atoms. The molecule has 7 heteroatoms. The molecule has 1 fully saturated rings. The van der Waals surface area contributed by atoms with Gasteiger partial charge in [0.2, 0.25) is 11.2 Å². The molecule has 1 amide bonds. The van der Waals surface area contributed by atoms with E-state index < -0.39 is 5.54 Å². The zero-order valence-corrected chi connectivity index (χ0v) is 10.7. The summed E-state index contributed by atoms with van der Waals surface area (Å²) in [5.74, 6) is 0.543. The van der Waals surface area contributed by atoms with Crippen molar-refractivity contribution in [1.29, 1.82) is 0 Å². The first kappa shape index (κ1) is 11.7. The summed E-state index contributed by atoms with van der Waals surface area (Å²) in [6.45, 7) is 2.91. The van der Waals surface area contributed by atoms with Gasteiger partial charge in [-0.1, -0.05) is 0 Å². The van der Waals surface area contributed by atoms with E-state index in [0.29, 0.717) is 43.3 Å². The lowest BCUT2D eigenvalue weighted by Gasteiger charge is -2.40. The molecule has 0 saturated carbocycles. The minimum Gasteiger partial charge on any atom is -0.381 e. The SMILES string of the molecule is Cc1nc(Cl)nc2c1NC(=O)C1(CCOCC1)N2. The quantitative estimate of drug-likeness (QED) is 0.695. The zero-order chi connectivity index (χ0) is 12.8. The van der Waals surface area contributed by atoms with Crippen molar-refractivity contribution in [3.05, 3.63) is 11.0 Å². The number of carbonyl (C=O) groups excluding carboxylic acids is 1. The molecule has 3 rings (SSSR count). The lowest BCUT2D eigenvalue weighted by molar-refractivity contribution is -0.123. The number of amides is 1. The van der Waals surface area contributed by atoms with Gasteiger partial charge in [0.1, 0.15) is 11.2 Å². The number of anilines is 2. The Labute approximate surface area is 109 Å². The van der Waals surface area contributed by atoms with Gasteiger partial charge < -0.3 is 15.4 Å². The highest BCUT2D eigenvalue weighted by Gasteiger charge is 2.44. The summed E-state index contributed by atoms with van der Waals surface area (Å²) in [5, 5.41) is 6.27. The molecule has 2 N–H and O–H groups in total. The third-order valence-corrected chi connectivity index (χ3v) is 3.61. The Morgan fingerprint density at radius 3 is 2.78 bits per heavy atom. The van der Waals surface area contributed by atoms with Crippen LogP contribution in [-0.4, -0.2) is 34.6 Å². The Balaban J connectivity index is 2.02. The van der Waals surface area contributed by atoms with Gasteiger partial charge in [-0.25, -0.2) is 4.98 Å². The van der Waals surface area contributed by atoms with Crippen LogP contribution in [-0.2, 0) is 9.53 Å². The second-order valence-electron chi connectivity index (χ2n) is 4.58. The lowest BCUT2D eigenvalue weighted by Crippen LogP contribution is -2.56. The topological polar surface area (TPSA) is 76.1 Å². The van der Waals surface area contributed by atoms with Crippen LogP contribution in [0.4, 0.5) is 11.5 Å². The second kappa shape index (κ2) is 4.07. The van der Waals surface area contributed by atoms with Crippen LogP contribution in [0.25, 0.3) is 0 Å². The van der Waals surface area contributed by atoms with Crippen molar-refractivity contribution in [1.82, 2.24) is 9.97 Å². The monoisotopic (exact) mass is 268 g/mol. The standard InChI is InChI=1S/C11H13ClN4O2/c1-6-7-8(15-10(12)13-6)16-11(9(17)14-7)2-4-18-5-3-11/h2-5H2,1H3,(H,14,17)(H,13,15,16). The molecule has 1 aromatic heterocycles. The van der Waals surface area contributed by atoms with E-state index in [9.17, 15) is 4.79 Å². The van der Waals surface area contributed by atoms with Crippen LogP contribution in [0.1, 0.15) is 18.5 Å². The summed E-state index contributed by atoms with van der Waals surface area (Å²) in [7, 11) is 0. The minimum absolute atomic E-state index is 0.0488. The van der Waals surface area contributed by atoms with E-state index in [1.54, 1.807) is 6.92 Å². The Morgan fingerprint density at radius 2 is 2.06 bits per heavy atom. The number of rotatable bonds is 0. The molecule has 18 heavy (non-hydrogen) atoms. The highest BCUT2D eigenvalue weighted by atomic mass is 35.5. The largest absolute Gasteiger partial charge is 0.381 e. The normalized spacial score (nSPS) is 21.1. The van der Waals surface area contributed by atoms with Crippen molar-refractivity contribution in [3.8, 4) is 0 Å². The highest BCUT2D eigenvalue weighted by molar-refractivity contribution is 6.28. The molecular formula is C11H13ClN4O2. The fraction of sp³-hybridized carbons (Fsp3) is 0.545. The molecule has 0 bridgehead atoms. The number of ether oxygens (including phenoxy) is 1. The average Bonchev–Trinajstić information content (AvgIpc) is 2.33. The van der Waals surface area contributed by atoms with Crippen molar-refractivity contribution in [3.63, 3.8) is 0 Å². The number of hydrogen-bond donors (Lipinski definition) is 2. The molecule has 0 radical (unpaired) electrons. The third-order valence-electron chi connectivity index (χ3n) is 3.44. The molecule has 2 aliphatic heterocycles. The number of carbonyl (C=O) groups is 1. The molecule has 96 valence electrons. The molecule has 0 atom stereocenters. The lowest BCUT2D eigenvalue weighted by atomic mass is 9.87. The van der Waals surface area contributed by atoms with Crippen molar-refractivity contribution >= 4 is 29.0 Å². The predicted octanol–water partition coefficient (Wildman–Crippen LogP) is 1.35. The minimum atomic E-state index is -0.630. The number of fused-ring (bicyclic) bond motifs is 1. The van der Waals surface area contributed by atoms with Crippen molar-refractivity contribution in [2.24, 2.45) is 0 Å². The summed E-state index contributed by atoms with van der Waals surface area (Å²) in [6.07, 6.45) is 1.25. The molecule has 3 heterocycles. The van der Waals surface area contributed by atoms with Gasteiger partial charge in [0.05, 0.1) is 5.69 Å². The van der Waals surface area contributed by atoms with E-state index in [4.69, 9.17) is 16.3 Å². The van der Waals surface area contributed by atoms with E-state index in [1.807, 2.05) is 0 Å². The molecule has 6 nitrogen and oxygen atoms in total. The number of nitrogens with one attached hydrogen (secondary N) is 2. The first-order chi connectivity index (χ1) is 8.61. The maximum atomic E-state index is 12.3. The van der Waals surface area contributed by atoms with Crippen molar-refractivity contribution in [2.75, 3.05) is 23.8 Å². The van der Waals surface area contributed by atoms with Crippen LogP contribution < -0.4 is 10.6 Å². The molecule has 1 aromatic rings. The van der Waals surface area contributed by atoms with Crippen LogP contribution in [0.2, 0.25) is 5.28 Å². The van der Waals surface area contributed by atoms with Crippen LogP contribution in [0.15, 0.2) is 0 Å². The Hall–Kier alpha value is -1.40. The van der Waals surface area contributed by atoms with Gasteiger partial charge in [-0.2, -0.15) is 4.98 Å². The average molecular weight is 269 g/mol. The highest BCUT2D eigenvalue weighted by Crippen LogP contribution is 2.36. The molecule has 0 aromatic carbocycles. The molecular weight excluding hydrogens is 256 g/mol. The van der Waals surface area contributed by atoms with Gasteiger partial charge in [0.25, 0.3) is 0 Å². The second-order valence-corrected chi connectivity index (χ2v) is 4.91. The van der Waals surface area contributed by atoms with Crippen LogP contribution in [0.3, 0.4) is 0 Å². The van der Waals surface area contributed by atoms with Gasteiger partial charge >= 0.3 is 0 Å². The fourth-order valence-corrected chi connectivity index (χ4v) is 2.58. The van der Waals surface area contributed by atoms with Crippen molar-refractivity contribution < 1.29 is 9.53 Å². The molecule has 0 unspecified atom stereocenters. The van der Waals surface area contributed by atoms with E-state index >= 15 is 0 Å². The summed E-state index contributed by atoms with van der Waals surface area (Å²) < 4.78 is 5.30. The summed E-state index contributed by atoms with van der Waals surface area (Å²) in [5.41, 5.74) is 0.643. The molecule has 0 aliphatic carbocycles. The molecule has 1 saturated heterocycles.